The van der Waals surface area contributed by atoms with Gasteiger partial charge in [-0.2, -0.15) is 0 Å². The number of nitrogens with one attached hydrogen (secondary N) is 1. The van der Waals surface area contributed by atoms with E-state index in [-0.39, 0.29) is 5.41 Å². The second-order valence-electron chi connectivity index (χ2n) is 5.71. The number of Topliss-reactive ketones (excluding diaryl/α,β-unsaturated/α-hetero) is 1. The van der Waals surface area contributed by atoms with Gasteiger partial charge in [-0.05, 0) is 41.8 Å². The van der Waals surface area contributed by atoms with Gasteiger partial charge in [0, 0.05) is 22.2 Å². The van der Waals surface area contributed by atoms with Crippen LogP contribution in [-0.4, -0.2) is 18.9 Å². The summed E-state index contributed by atoms with van der Waals surface area (Å²) < 4.78 is 1.14. The Morgan fingerprint density at radius 3 is 2.89 bits per heavy atom. The second kappa shape index (κ2) is 4.73. The maximum absolute atomic E-state index is 13.1. The quantitative estimate of drug-likeness (QED) is 0.864. The van der Waals surface area contributed by atoms with E-state index in [1.165, 1.54) is 5.39 Å². The first kappa shape index (κ1) is 12.8. The smallest absolute Gasteiger partial charge is 0.172 e. The first-order chi connectivity index (χ1) is 9.15. The lowest BCUT2D eigenvalue weighted by atomic mass is 9.71. The number of hydrogen-bond donors (Lipinski definition) is 1. The largest absolute Gasteiger partial charge is 0.316 e. The zero-order valence-corrected chi connectivity index (χ0v) is 12.2. The van der Waals surface area contributed by atoms with Crippen LogP contribution in [0, 0.1) is 11.3 Å². The van der Waals surface area contributed by atoms with Gasteiger partial charge in [-0.25, -0.2) is 0 Å². The zero-order chi connectivity index (χ0) is 13.5. The molecule has 1 aromatic heterocycles. The highest BCUT2D eigenvalue weighted by atomic mass is 32.1. The van der Waals surface area contributed by atoms with Crippen molar-refractivity contribution in [2.45, 2.75) is 20.3 Å². The average Bonchev–Trinajstić information content (AvgIpc) is 3.06. The normalized spacial score (nSPS) is 23.3. The van der Waals surface area contributed by atoms with E-state index in [4.69, 9.17) is 0 Å². The highest BCUT2D eigenvalue weighted by Gasteiger charge is 2.44. The van der Waals surface area contributed by atoms with Gasteiger partial charge in [0.2, 0.25) is 0 Å². The molecular formula is C16H19NOS. The first-order valence-corrected chi connectivity index (χ1v) is 7.75. The minimum absolute atomic E-state index is 0.224. The maximum atomic E-state index is 13.1. The summed E-state index contributed by atoms with van der Waals surface area (Å²) in [4.78, 5) is 13.1. The fourth-order valence-corrected chi connectivity index (χ4v) is 4.01. The number of rotatable bonds is 3. The lowest BCUT2D eigenvalue weighted by Crippen LogP contribution is -2.38. The molecular weight excluding hydrogens is 254 g/mol. The summed E-state index contributed by atoms with van der Waals surface area (Å²) in [6.45, 7) is 6.09. The maximum Gasteiger partial charge on any atom is 0.172 e. The van der Waals surface area contributed by atoms with E-state index in [0.29, 0.717) is 11.7 Å². The molecule has 0 bridgehead atoms. The number of ketones is 1. The fraction of sp³-hybridized carbons (Fsp3) is 0.438. The predicted octanol–water partition coefficient (Wildman–Crippen LogP) is 3.72. The monoisotopic (exact) mass is 273 g/mol. The fourth-order valence-electron chi connectivity index (χ4n) is 3.10. The Balaban J connectivity index is 2.10. The van der Waals surface area contributed by atoms with Crippen molar-refractivity contribution in [3.05, 3.63) is 35.2 Å². The number of benzene rings is 1. The van der Waals surface area contributed by atoms with Gasteiger partial charge in [-0.15, -0.1) is 11.3 Å². The lowest BCUT2D eigenvalue weighted by Gasteiger charge is -2.31. The number of hydrogen-bond acceptors (Lipinski definition) is 3. The molecule has 1 aliphatic heterocycles. The van der Waals surface area contributed by atoms with Gasteiger partial charge < -0.3 is 5.32 Å². The van der Waals surface area contributed by atoms with Gasteiger partial charge in [0.25, 0.3) is 0 Å². The summed E-state index contributed by atoms with van der Waals surface area (Å²) in [5, 5.41) is 6.62. The summed E-state index contributed by atoms with van der Waals surface area (Å²) >= 11 is 1.67. The third-order valence-electron chi connectivity index (χ3n) is 4.47. The molecule has 1 aromatic carbocycles. The van der Waals surface area contributed by atoms with Crippen LogP contribution in [0.3, 0.4) is 0 Å². The van der Waals surface area contributed by atoms with Crippen LogP contribution in [0.5, 0.6) is 0 Å². The molecule has 2 nitrogen and oxygen atoms in total. The Morgan fingerprint density at radius 1 is 1.37 bits per heavy atom. The lowest BCUT2D eigenvalue weighted by molar-refractivity contribution is 0.0742. The van der Waals surface area contributed by atoms with Crippen molar-refractivity contribution in [3.63, 3.8) is 0 Å². The zero-order valence-electron chi connectivity index (χ0n) is 11.4. The minimum atomic E-state index is -0.224. The van der Waals surface area contributed by atoms with Crippen molar-refractivity contribution < 1.29 is 4.79 Å². The SMILES string of the molecule is CC(C)C1(C(=O)c2cccc3ccsc23)CCNC1. The van der Waals surface area contributed by atoms with Crippen molar-refractivity contribution in [1.29, 1.82) is 0 Å². The molecule has 1 saturated heterocycles. The van der Waals surface area contributed by atoms with Crippen LogP contribution in [0.4, 0.5) is 0 Å². The molecule has 0 amide bonds. The molecule has 1 atom stereocenters. The van der Waals surface area contributed by atoms with E-state index >= 15 is 0 Å². The Kier molecular flexibility index (Phi) is 3.19. The molecule has 1 N–H and O–H groups in total. The van der Waals surface area contributed by atoms with Gasteiger partial charge in [-0.1, -0.05) is 26.0 Å². The Hall–Kier alpha value is -1.19. The van der Waals surface area contributed by atoms with E-state index in [2.05, 4.69) is 36.7 Å². The van der Waals surface area contributed by atoms with E-state index in [9.17, 15) is 4.79 Å². The molecule has 2 heterocycles. The van der Waals surface area contributed by atoms with Gasteiger partial charge in [0.15, 0.2) is 5.78 Å². The summed E-state index contributed by atoms with van der Waals surface area (Å²) in [5.41, 5.74) is 0.683. The molecule has 19 heavy (non-hydrogen) atoms. The highest BCUT2D eigenvalue weighted by Crippen LogP contribution is 2.39. The first-order valence-electron chi connectivity index (χ1n) is 6.87. The van der Waals surface area contributed by atoms with Gasteiger partial charge in [0.1, 0.15) is 0 Å². The molecule has 1 aliphatic rings. The van der Waals surface area contributed by atoms with Crippen LogP contribution < -0.4 is 5.32 Å². The Bertz CT molecular complexity index is 608. The molecule has 1 unspecified atom stereocenters. The van der Waals surface area contributed by atoms with Crippen molar-refractivity contribution in [1.82, 2.24) is 5.32 Å². The summed E-state index contributed by atoms with van der Waals surface area (Å²) in [6, 6.07) is 8.16. The van der Waals surface area contributed by atoms with Crippen LogP contribution >= 0.6 is 11.3 Å². The van der Waals surface area contributed by atoms with Crippen molar-refractivity contribution in [2.75, 3.05) is 13.1 Å². The van der Waals surface area contributed by atoms with Crippen LogP contribution in [-0.2, 0) is 0 Å². The van der Waals surface area contributed by atoms with Crippen molar-refractivity contribution in [3.8, 4) is 0 Å². The van der Waals surface area contributed by atoms with E-state index in [1.807, 2.05) is 12.1 Å². The van der Waals surface area contributed by atoms with Gasteiger partial charge in [-0.3, -0.25) is 4.79 Å². The number of fused-ring (bicyclic) bond motifs is 1. The topological polar surface area (TPSA) is 29.1 Å². The molecule has 0 aliphatic carbocycles. The Morgan fingerprint density at radius 2 is 2.21 bits per heavy atom. The molecule has 3 heteroatoms. The molecule has 2 aromatic rings. The molecule has 0 radical (unpaired) electrons. The summed E-state index contributed by atoms with van der Waals surface area (Å²) in [7, 11) is 0. The number of thiophene rings is 1. The molecule has 100 valence electrons. The number of carbonyl (C=O) groups is 1. The molecule has 1 fully saturated rings. The highest BCUT2D eigenvalue weighted by molar-refractivity contribution is 7.17. The standard InChI is InChI=1S/C16H19NOS/c1-11(2)16(7-8-17-10-16)15(18)13-5-3-4-12-6-9-19-14(12)13/h3-6,9,11,17H,7-8,10H2,1-2H3. The van der Waals surface area contributed by atoms with Crippen LogP contribution in [0.15, 0.2) is 29.6 Å². The van der Waals surface area contributed by atoms with Crippen LogP contribution in [0.2, 0.25) is 0 Å². The summed E-state index contributed by atoms with van der Waals surface area (Å²) in [5.74, 6) is 0.686. The molecule has 3 rings (SSSR count). The minimum Gasteiger partial charge on any atom is -0.316 e. The third-order valence-corrected chi connectivity index (χ3v) is 5.43. The predicted molar refractivity (Wildman–Crippen MR) is 80.9 cm³/mol. The van der Waals surface area contributed by atoms with Gasteiger partial charge in [0.05, 0.1) is 0 Å². The summed E-state index contributed by atoms with van der Waals surface area (Å²) in [6.07, 6.45) is 0.950. The Labute approximate surface area is 117 Å². The van der Waals surface area contributed by atoms with Gasteiger partial charge >= 0.3 is 0 Å². The van der Waals surface area contributed by atoms with E-state index < -0.39 is 0 Å². The third kappa shape index (κ3) is 1.92. The second-order valence-corrected chi connectivity index (χ2v) is 6.63. The van der Waals surface area contributed by atoms with Crippen molar-refractivity contribution >= 4 is 27.2 Å². The van der Waals surface area contributed by atoms with Crippen LogP contribution in [0.1, 0.15) is 30.6 Å². The van der Waals surface area contributed by atoms with E-state index in [1.54, 1.807) is 11.3 Å². The molecule has 0 saturated carbocycles. The van der Waals surface area contributed by atoms with E-state index in [0.717, 1.165) is 29.8 Å². The molecule has 0 spiro atoms. The average molecular weight is 273 g/mol. The van der Waals surface area contributed by atoms with Crippen molar-refractivity contribution in [2.24, 2.45) is 11.3 Å². The number of carbonyl (C=O) groups excluding carboxylic acids is 1. The van der Waals surface area contributed by atoms with Crippen LogP contribution in [0.25, 0.3) is 10.1 Å².